The zero-order valence-corrected chi connectivity index (χ0v) is 12.6. The van der Waals surface area contributed by atoms with Gasteiger partial charge < -0.3 is 10.2 Å². The Bertz CT molecular complexity index is 551. The average Bonchev–Trinajstić information content (AvgIpc) is 2.48. The van der Waals surface area contributed by atoms with E-state index in [1.165, 1.54) is 11.1 Å². The van der Waals surface area contributed by atoms with Gasteiger partial charge in [0.25, 0.3) is 0 Å². The Morgan fingerprint density at radius 2 is 1.90 bits per heavy atom. The van der Waals surface area contributed by atoms with E-state index in [4.69, 9.17) is 4.98 Å². The maximum atomic E-state index is 4.70. The van der Waals surface area contributed by atoms with Crippen LogP contribution in [0.1, 0.15) is 23.7 Å². The van der Waals surface area contributed by atoms with Gasteiger partial charge in [-0.2, -0.15) is 0 Å². The van der Waals surface area contributed by atoms with Gasteiger partial charge in [0.1, 0.15) is 5.82 Å². The Labute approximate surface area is 121 Å². The molecule has 3 nitrogen and oxygen atoms in total. The molecule has 0 aliphatic heterocycles. The number of hydrogen-bond donors (Lipinski definition) is 1. The summed E-state index contributed by atoms with van der Waals surface area (Å²) in [5.41, 5.74) is 3.75. The Kier molecular flexibility index (Phi) is 5.13. The van der Waals surface area contributed by atoms with Crippen LogP contribution in [0.3, 0.4) is 0 Å². The summed E-state index contributed by atoms with van der Waals surface area (Å²) in [5, 5.41) is 3.31. The first kappa shape index (κ1) is 14.5. The number of benzene rings is 1. The Balaban J connectivity index is 2.09. The van der Waals surface area contributed by atoms with E-state index < -0.39 is 0 Å². The highest BCUT2D eigenvalue weighted by atomic mass is 15.2. The van der Waals surface area contributed by atoms with E-state index in [1.54, 1.807) is 0 Å². The van der Waals surface area contributed by atoms with Gasteiger partial charge in [0, 0.05) is 20.1 Å². The molecule has 0 fully saturated rings. The van der Waals surface area contributed by atoms with Gasteiger partial charge in [0.15, 0.2) is 0 Å². The van der Waals surface area contributed by atoms with E-state index in [9.17, 15) is 0 Å². The van der Waals surface area contributed by atoms with Crippen molar-refractivity contribution in [1.82, 2.24) is 10.3 Å². The van der Waals surface area contributed by atoms with Crippen LogP contribution in [-0.4, -0.2) is 18.6 Å². The second kappa shape index (κ2) is 7.06. The summed E-state index contributed by atoms with van der Waals surface area (Å²) >= 11 is 0. The molecule has 0 aliphatic carbocycles. The van der Waals surface area contributed by atoms with Gasteiger partial charge in [0.2, 0.25) is 0 Å². The number of nitrogens with zero attached hydrogens (tertiary/aromatic N) is 2. The number of anilines is 1. The molecule has 2 aromatic rings. The smallest absolute Gasteiger partial charge is 0.128 e. The SMILES string of the molecule is CCNCc1cccc(N(C)Cc2ccccc2C)n1. The van der Waals surface area contributed by atoms with Crippen LogP contribution in [0.15, 0.2) is 42.5 Å². The maximum Gasteiger partial charge on any atom is 0.128 e. The molecular formula is C17H23N3. The molecule has 0 amide bonds. The fraction of sp³-hybridized carbons (Fsp3) is 0.353. The van der Waals surface area contributed by atoms with Crippen molar-refractivity contribution in [2.24, 2.45) is 0 Å². The van der Waals surface area contributed by atoms with Crippen LogP contribution < -0.4 is 10.2 Å². The Morgan fingerprint density at radius 1 is 1.10 bits per heavy atom. The van der Waals surface area contributed by atoms with Crippen LogP contribution in [0.5, 0.6) is 0 Å². The molecule has 0 unspecified atom stereocenters. The molecule has 1 N–H and O–H groups in total. The minimum absolute atomic E-state index is 0.822. The first-order valence-electron chi connectivity index (χ1n) is 7.13. The largest absolute Gasteiger partial charge is 0.355 e. The zero-order valence-electron chi connectivity index (χ0n) is 12.6. The van der Waals surface area contributed by atoms with Crippen LogP contribution in [0, 0.1) is 6.92 Å². The minimum Gasteiger partial charge on any atom is -0.355 e. The molecule has 1 aromatic heterocycles. The van der Waals surface area contributed by atoms with Gasteiger partial charge in [-0.3, -0.25) is 0 Å². The summed E-state index contributed by atoms with van der Waals surface area (Å²) in [5.74, 6) is 1.02. The molecule has 0 saturated heterocycles. The number of aryl methyl sites for hydroxylation is 1. The van der Waals surface area contributed by atoms with Crippen molar-refractivity contribution in [3.63, 3.8) is 0 Å². The lowest BCUT2D eigenvalue weighted by atomic mass is 10.1. The third kappa shape index (κ3) is 3.81. The molecule has 0 bridgehead atoms. The summed E-state index contributed by atoms with van der Waals surface area (Å²) < 4.78 is 0. The molecule has 3 heteroatoms. The van der Waals surface area contributed by atoms with Crippen molar-refractivity contribution < 1.29 is 0 Å². The highest BCUT2D eigenvalue weighted by molar-refractivity contribution is 5.40. The molecule has 0 saturated carbocycles. The lowest BCUT2D eigenvalue weighted by molar-refractivity contribution is 0.708. The predicted molar refractivity (Wildman–Crippen MR) is 84.9 cm³/mol. The standard InChI is InChI=1S/C17H23N3/c1-4-18-12-16-10-7-11-17(19-16)20(3)13-15-9-6-5-8-14(15)2/h5-11,18H,4,12-13H2,1-3H3. The topological polar surface area (TPSA) is 28.2 Å². The van der Waals surface area contributed by atoms with Crippen molar-refractivity contribution in [3.8, 4) is 0 Å². The number of nitrogens with one attached hydrogen (secondary N) is 1. The number of aromatic nitrogens is 1. The molecule has 0 spiro atoms. The zero-order chi connectivity index (χ0) is 14.4. The van der Waals surface area contributed by atoms with Crippen molar-refractivity contribution in [2.45, 2.75) is 26.9 Å². The van der Waals surface area contributed by atoms with E-state index in [0.29, 0.717) is 0 Å². The third-order valence-corrected chi connectivity index (χ3v) is 3.41. The fourth-order valence-corrected chi connectivity index (χ4v) is 2.16. The van der Waals surface area contributed by atoms with Crippen LogP contribution in [-0.2, 0) is 13.1 Å². The predicted octanol–water partition coefficient (Wildman–Crippen LogP) is 3.14. The summed E-state index contributed by atoms with van der Waals surface area (Å²) in [7, 11) is 2.09. The minimum atomic E-state index is 0.822. The van der Waals surface area contributed by atoms with E-state index >= 15 is 0 Å². The van der Waals surface area contributed by atoms with Crippen molar-refractivity contribution in [3.05, 3.63) is 59.3 Å². The third-order valence-electron chi connectivity index (χ3n) is 3.41. The quantitative estimate of drug-likeness (QED) is 0.873. The molecule has 0 atom stereocenters. The van der Waals surface area contributed by atoms with Gasteiger partial charge in [-0.1, -0.05) is 37.3 Å². The van der Waals surface area contributed by atoms with Crippen LogP contribution in [0.25, 0.3) is 0 Å². The molecule has 1 aromatic carbocycles. The van der Waals surface area contributed by atoms with Crippen molar-refractivity contribution in [1.29, 1.82) is 0 Å². The van der Waals surface area contributed by atoms with Crippen LogP contribution >= 0.6 is 0 Å². The first-order chi connectivity index (χ1) is 9.70. The molecule has 0 aliphatic rings. The van der Waals surface area contributed by atoms with Gasteiger partial charge in [-0.25, -0.2) is 4.98 Å². The molecule has 0 radical (unpaired) electrons. The summed E-state index contributed by atoms with van der Waals surface area (Å²) in [4.78, 5) is 6.89. The fourth-order valence-electron chi connectivity index (χ4n) is 2.16. The molecule has 20 heavy (non-hydrogen) atoms. The van der Waals surface area contributed by atoms with E-state index in [-0.39, 0.29) is 0 Å². The number of hydrogen-bond acceptors (Lipinski definition) is 3. The lowest BCUT2D eigenvalue weighted by Gasteiger charge is -2.20. The van der Waals surface area contributed by atoms with Crippen molar-refractivity contribution in [2.75, 3.05) is 18.5 Å². The second-order valence-electron chi connectivity index (χ2n) is 5.05. The monoisotopic (exact) mass is 269 g/mol. The average molecular weight is 269 g/mol. The normalized spacial score (nSPS) is 10.6. The number of pyridine rings is 1. The summed E-state index contributed by atoms with van der Waals surface area (Å²) in [6.07, 6.45) is 0. The van der Waals surface area contributed by atoms with Gasteiger partial charge in [-0.15, -0.1) is 0 Å². The maximum absolute atomic E-state index is 4.70. The number of rotatable bonds is 6. The molecule has 2 rings (SSSR count). The summed E-state index contributed by atoms with van der Waals surface area (Å²) in [6.45, 7) is 6.92. The molecular weight excluding hydrogens is 246 g/mol. The highest BCUT2D eigenvalue weighted by Gasteiger charge is 2.06. The van der Waals surface area contributed by atoms with E-state index in [1.807, 2.05) is 0 Å². The van der Waals surface area contributed by atoms with Crippen molar-refractivity contribution >= 4 is 5.82 Å². The van der Waals surface area contributed by atoms with E-state index in [0.717, 1.165) is 31.1 Å². The highest BCUT2D eigenvalue weighted by Crippen LogP contribution is 2.15. The Hall–Kier alpha value is -1.87. The summed E-state index contributed by atoms with van der Waals surface area (Å²) in [6, 6.07) is 14.7. The second-order valence-corrected chi connectivity index (χ2v) is 5.05. The molecule has 1 heterocycles. The van der Waals surface area contributed by atoms with Gasteiger partial charge >= 0.3 is 0 Å². The molecule has 106 valence electrons. The van der Waals surface area contributed by atoms with Gasteiger partial charge in [-0.05, 0) is 36.7 Å². The van der Waals surface area contributed by atoms with Crippen LogP contribution in [0.2, 0.25) is 0 Å². The van der Waals surface area contributed by atoms with Crippen LogP contribution in [0.4, 0.5) is 5.82 Å². The lowest BCUT2D eigenvalue weighted by Crippen LogP contribution is -2.20. The first-order valence-corrected chi connectivity index (χ1v) is 7.13. The van der Waals surface area contributed by atoms with Gasteiger partial charge in [0.05, 0.1) is 5.69 Å². The Morgan fingerprint density at radius 3 is 2.65 bits per heavy atom. The van der Waals surface area contributed by atoms with E-state index in [2.05, 4.69) is 73.6 Å².